The highest BCUT2D eigenvalue weighted by Crippen LogP contribution is 2.17. The average Bonchev–Trinajstić information content (AvgIpc) is 3.30. The second kappa shape index (κ2) is 31.0. The van der Waals surface area contributed by atoms with Gasteiger partial charge in [0.2, 0.25) is 41.4 Å². The van der Waals surface area contributed by atoms with Crippen molar-refractivity contribution in [2.24, 2.45) is 5.92 Å². The molecule has 0 saturated heterocycles. The third-order valence-corrected chi connectivity index (χ3v) is 9.91. The van der Waals surface area contributed by atoms with E-state index in [2.05, 4.69) is 37.2 Å². The summed E-state index contributed by atoms with van der Waals surface area (Å²) in [5.41, 5.74) is 0.0105. The Labute approximate surface area is 400 Å². The van der Waals surface area contributed by atoms with Gasteiger partial charge in [0, 0.05) is 94.0 Å². The van der Waals surface area contributed by atoms with E-state index in [0.29, 0.717) is 17.1 Å². The van der Waals surface area contributed by atoms with Gasteiger partial charge in [-0.3, -0.25) is 38.4 Å². The molecule has 0 aliphatic carbocycles. The topological polar surface area (TPSA) is 309 Å². The van der Waals surface area contributed by atoms with Crippen LogP contribution in [0.25, 0.3) is 0 Å². The number of phenols is 3. The Balaban J connectivity index is 1.58. The molecule has 3 aromatic carbocycles. The van der Waals surface area contributed by atoms with Crippen LogP contribution in [0.1, 0.15) is 71.6 Å². The molecule has 376 valence electrons. The van der Waals surface area contributed by atoms with E-state index in [1.807, 2.05) is 0 Å². The van der Waals surface area contributed by atoms with E-state index in [1.54, 1.807) is 13.8 Å². The molecule has 3 aromatic rings. The summed E-state index contributed by atoms with van der Waals surface area (Å²) in [5, 5.41) is 47.1. The van der Waals surface area contributed by atoms with Gasteiger partial charge in [0.05, 0.1) is 39.6 Å². The van der Waals surface area contributed by atoms with Gasteiger partial charge in [-0.05, 0) is 79.2 Å². The molecule has 0 saturated carbocycles. The number of benzene rings is 3. The molecular weight excluding hydrogens is 899 g/mol. The Morgan fingerprint density at radius 2 is 0.754 bits per heavy atom. The van der Waals surface area contributed by atoms with Crippen molar-refractivity contribution in [1.29, 1.82) is 0 Å². The maximum atomic E-state index is 13.4. The molecule has 69 heavy (non-hydrogen) atoms. The van der Waals surface area contributed by atoms with E-state index >= 15 is 0 Å². The number of aromatic hydroxyl groups is 3. The summed E-state index contributed by atoms with van der Waals surface area (Å²) >= 11 is 0. The first kappa shape index (κ1) is 56.2. The van der Waals surface area contributed by atoms with Gasteiger partial charge in [0.15, 0.2) is 0 Å². The number of carbonyl (C=O) groups is 8. The fraction of sp³-hybridized carbons (Fsp3) is 0.458. The van der Waals surface area contributed by atoms with Crippen LogP contribution in [0.2, 0.25) is 0 Å². The molecule has 10 N–H and O–H groups in total. The zero-order chi connectivity index (χ0) is 50.4. The van der Waals surface area contributed by atoms with Crippen LogP contribution in [-0.4, -0.2) is 127 Å². The summed E-state index contributed by atoms with van der Waals surface area (Å²) in [7, 11) is 0. The summed E-state index contributed by atoms with van der Waals surface area (Å²) < 4.78 is 17.7. The molecule has 7 amide bonds. The summed E-state index contributed by atoms with van der Waals surface area (Å²) in [4.78, 5) is 101. The Hall–Kier alpha value is -7.10. The van der Waals surface area contributed by atoms with Gasteiger partial charge in [-0.25, -0.2) is 0 Å². The van der Waals surface area contributed by atoms with Crippen LogP contribution in [-0.2, 0) is 52.6 Å². The molecule has 0 aliphatic heterocycles. The third-order valence-electron chi connectivity index (χ3n) is 9.91. The second-order valence-electron chi connectivity index (χ2n) is 16.3. The van der Waals surface area contributed by atoms with E-state index in [-0.39, 0.29) is 164 Å². The van der Waals surface area contributed by atoms with E-state index in [9.17, 15) is 53.7 Å². The fourth-order valence-electron chi connectivity index (χ4n) is 6.12. The molecule has 0 aromatic heterocycles. The molecule has 21 heteroatoms. The minimum atomic E-state index is -1.42. The second-order valence-corrected chi connectivity index (χ2v) is 16.3. The highest BCUT2D eigenvalue weighted by molar-refractivity contribution is 5.92. The summed E-state index contributed by atoms with van der Waals surface area (Å²) in [6.07, 6.45) is -0.0389. The lowest BCUT2D eigenvalue weighted by molar-refractivity contribution is -0.131. The minimum Gasteiger partial charge on any atom is -0.508 e. The molecule has 3 rings (SSSR count). The number of hydrogen-bond donors (Lipinski definition) is 10. The van der Waals surface area contributed by atoms with Crippen LogP contribution < -0.4 is 37.2 Å². The van der Waals surface area contributed by atoms with Crippen molar-refractivity contribution in [3.63, 3.8) is 0 Å². The van der Waals surface area contributed by atoms with Crippen LogP contribution in [0.4, 0.5) is 17.1 Å². The SMILES string of the molecule is CC(C)C(=O)CCCC(=O)NC(COCCC(=O)NCCC(=O)Nc1ccc(O)cc1)(COCCC(=O)NCCC(=O)Nc1ccc(O)cc1)COCCC(=O)NCCC(=O)Nc1ccc(O)cc1. The lowest BCUT2D eigenvalue weighted by Crippen LogP contribution is -2.58. The predicted octanol–water partition coefficient (Wildman–Crippen LogP) is 3.01. The van der Waals surface area contributed by atoms with Crippen LogP contribution in [0.3, 0.4) is 0 Å². The number of carbonyl (C=O) groups excluding carboxylic acids is 8. The molecule has 0 unspecified atom stereocenters. The molecule has 0 heterocycles. The van der Waals surface area contributed by atoms with E-state index < -0.39 is 29.2 Å². The van der Waals surface area contributed by atoms with Crippen molar-refractivity contribution in [3.8, 4) is 17.2 Å². The van der Waals surface area contributed by atoms with E-state index in [1.165, 1.54) is 72.8 Å². The van der Waals surface area contributed by atoms with Crippen molar-refractivity contribution in [3.05, 3.63) is 72.8 Å². The zero-order valence-electron chi connectivity index (χ0n) is 39.1. The number of ether oxygens (including phenoxy) is 3. The van der Waals surface area contributed by atoms with Gasteiger partial charge in [-0.2, -0.15) is 0 Å². The molecule has 0 fully saturated rings. The minimum absolute atomic E-state index is 0.00666. The highest BCUT2D eigenvalue weighted by atomic mass is 16.5. The summed E-state index contributed by atoms with van der Waals surface area (Å²) in [6.45, 7) is 2.49. The van der Waals surface area contributed by atoms with Crippen LogP contribution in [0.5, 0.6) is 17.2 Å². The summed E-state index contributed by atoms with van der Waals surface area (Å²) in [5.74, 6) is -2.86. The molecule has 0 aliphatic rings. The number of anilines is 3. The van der Waals surface area contributed by atoms with Crippen LogP contribution in [0, 0.1) is 5.92 Å². The smallest absolute Gasteiger partial charge is 0.226 e. The van der Waals surface area contributed by atoms with Crippen molar-refractivity contribution >= 4 is 64.2 Å². The van der Waals surface area contributed by atoms with Gasteiger partial charge < -0.3 is 66.7 Å². The highest BCUT2D eigenvalue weighted by Gasteiger charge is 2.34. The van der Waals surface area contributed by atoms with E-state index in [4.69, 9.17) is 14.2 Å². The van der Waals surface area contributed by atoms with Gasteiger partial charge >= 0.3 is 0 Å². The molecule has 0 spiro atoms. The first-order valence-corrected chi connectivity index (χ1v) is 22.6. The molecule has 21 nitrogen and oxygen atoms in total. The lowest BCUT2D eigenvalue weighted by atomic mass is 10.0. The van der Waals surface area contributed by atoms with Crippen LogP contribution in [0.15, 0.2) is 72.8 Å². The molecule has 0 radical (unpaired) electrons. The zero-order valence-corrected chi connectivity index (χ0v) is 39.1. The standard InChI is InChI=1S/C48H65N7O14/c1-33(2)40(59)4-3-5-47(66)55-48(30-67-27-21-41(60)49-24-18-44(63)52-34-6-12-37(56)13-7-34,31-68-28-22-42(61)50-25-19-45(64)53-35-8-14-38(57)15-9-35)32-69-29-23-43(62)51-26-20-46(65)54-36-10-16-39(58)17-11-36/h6-17,33,56-58H,3-5,18-32H2,1-2H3,(H,49,60)(H,50,61)(H,51,62)(H,52,63)(H,53,64)(H,54,65)(H,55,66). The van der Waals surface area contributed by atoms with Crippen molar-refractivity contribution < 1.29 is 67.9 Å². The van der Waals surface area contributed by atoms with Gasteiger partial charge in [-0.15, -0.1) is 0 Å². The largest absolute Gasteiger partial charge is 0.508 e. The van der Waals surface area contributed by atoms with Gasteiger partial charge in [0.25, 0.3) is 0 Å². The number of Topliss-reactive ketones (excluding diaryl/α,β-unsaturated/α-hetero) is 1. The lowest BCUT2D eigenvalue weighted by Gasteiger charge is -2.34. The Morgan fingerprint density at radius 3 is 1.06 bits per heavy atom. The Kier molecular flexibility index (Phi) is 25.3. The quantitative estimate of drug-likeness (QED) is 0.0310. The average molecular weight is 964 g/mol. The molecular formula is C48H65N7O14. The van der Waals surface area contributed by atoms with Crippen LogP contribution >= 0.6 is 0 Å². The Morgan fingerprint density at radius 1 is 0.435 bits per heavy atom. The number of amides is 7. The third kappa shape index (κ3) is 25.0. The molecule has 0 atom stereocenters. The number of nitrogens with one attached hydrogen (secondary N) is 7. The van der Waals surface area contributed by atoms with Crippen molar-refractivity contribution in [1.82, 2.24) is 21.3 Å². The Bertz CT molecular complexity index is 1910. The fourth-order valence-corrected chi connectivity index (χ4v) is 6.12. The number of ketones is 1. The first-order chi connectivity index (χ1) is 33.0. The maximum absolute atomic E-state index is 13.4. The van der Waals surface area contributed by atoms with E-state index in [0.717, 1.165) is 0 Å². The monoisotopic (exact) mass is 963 g/mol. The van der Waals surface area contributed by atoms with Gasteiger partial charge in [-0.1, -0.05) is 13.8 Å². The molecule has 0 bridgehead atoms. The first-order valence-electron chi connectivity index (χ1n) is 22.6. The number of phenolic OH excluding ortho intramolecular Hbond substituents is 3. The number of hydrogen-bond acceptors (Lipinski definition) is 14. The van der Waals surface area contributed by atoms with Crippen molar-refractivity contribution in [2.75, 3.05) is 75.2 Å². The normalized spacial score (nSPS) is 11.0. The summed E-state index contributed by atoms with van der Waals surface area (Å²) in [6, 6.07) is 17.7. The predicted molar refractivity (Wildman–Crippen MR) is 254 cm³/mol. The number of rotatable bonds is 33. The van der Waals surface area contributed by atoms with Crippen molar-refractivity contribution in [2.45, 2.75) is 77.2 Å². The maximum Gasteiger partial charge on any atom is 0.226 e. The van der Waals surface area contributed by atoms with Gasteiger partial charge in [0.1, 0.15) is 28.6 Å².